The van der Waals surface area contributed by atoms with Gasteiger partial charge in [0, 0.05) is 25.1 Å². The minimum Gasteiger partial charge on any atom is -0.321 e. The molecule has 5 nitrogen and oxygen atoms in total. The molecule has 1 aromatic rings. The summed E-state index contributed by atoms with van der Waals surface area (Å²) >= 11 is 0. The van der Waals surface area contributed by atoms with Crippen molar-refractivity contribution < 1.29 is 17.2 Å². The molecule has 0 radical (unpaired) electrons. The van der Waals surface area contributed by atoms with Gasteiger partial charge in [-0.3, -0.25) is 4.98 Å². The summed E-state index contributed by atoms with van der Waals surface area (Å²) in [5, 5.41) is 0. The van der Waals surface area contributed by atoms with Crippen LogP contribution in [-0.4, -0.2) is 47.7 Å². The van der Waals surface area contributed by atoms with Crippen molar-refractivity contribution in [3.8, 4) is 0 Å². The van der Waals surface area contributed by atoms with Gasteiger partial charge in [0.05, 0.1) is 6.54 Å². The molecule has 0 aromatic carbocycles. The molecule has 0 saturated carbocycles. The Hall–Kier alpha value is -2.09. The maximum absolute atomic E-state index is 14.4. The number of aromatic nitrogens is 1. The van der Waals surface area contributed by atoms with Gasteiger partial charge in [-0.25, -0.2) is 22.2 Å². The lowest BCUT2D eigenvalue weighted by atomic mass is 10.1. The van der Waals surface area contributed by atoms with Crippen molar-refractivity contribution in [1.82, 2.24) is 9.88 Å². The molecule has 1 atom stereocenters. The van der Waals surface area contributed by atoms with E-state index < -0.39 is 27.2 Å². The van der Waals surface area contributed by atoms with E-state index >= 15 is 0 Å². The number of nitrogens with zero attached hydrogens (tertiary/aromatic N) is 3. The predicted molar refractivity (Wildman–Crippen MR) is 92.1 cm³/mol. The Kier molecular flexibility index (Phi) is 4.26. The van der Waals surface area contributed by atoms with Crippen LogP contribution in [0.1, 0.15) is 25.5 Å². The number of rotatable bonds is 4. The van der Waals surface area contributed by atoms with Crippen LogP contribution in [0, 0.1) is 0 Å². The molecular weight excluding hydrogens is 348 g/mol. The van der Waals surface area contributed by atoms with Gasteiger partial charge >= 0.3 is 0 Å². The highest BCUT2D eigenvalue weighted by molar-refractivity contribution is 7.92. The fraction of sp³-hybridized carbons (Fsp3) is 0.412. The van der Waals surface area contributed by atoms with Crippen LogP contribution < -0.4 is 0 Å². The van der Waals surface area contributed by atoms with Crippen LogP contribution in [0.2, 0.25) is 0 Å². The molecule has 1 unspecified atom stereocenters. The summed E-state index contributed by atoms with van der Waals surface area (Å²) < 4.78 is 53.5. The van der Waals surface area contributed by atoms with Crippen molar-refractivity contribution >= 4 is 15.7 Å². The van der Waals surface area contributed by atoms with Crippen LogP contribution in [-0.2, 0) is 9.84 Å². The van der Waals surface area contributed by atoms with Crippen molar-refractivity contribution in [1.29, 1.82) is 0 Å². The largest absolute Gasteiger partial charge is 0.321 e. The first-order valence-electron chi connectivity index (χ1n) is 7.89. The highest BCUT2D eigenvalue weighted by Crippen LogP contribution is 2.42. The molecule has 0 spiro atoms. The predicted octanol–water partition coefficient (Wildman–Crippen LogP) is 2.77. The van der Waals surface area contributed by atoms with Gasteiger partial charge in [0.25, 0.3) is 5.92 Å². The second kappa shape index (κ2) is 6.01. The molecule has 2 heterocycles. The summed E-state index contributed by atoms with van der Waals surface area (Å²) in [6.07, 6.45) is 9.56. The van der Waals surface area contributed by atoms with Crippen molar-refractivity contribution in [2.24, 2.45) is 4.99 Å². The van der Waals surface area contributed by atoms with E-state index in [1.165, 1.54) is 11.1 Å². The lowest BCUT2D eigenvalue weighted by Gasteiger charge is -2.32. The summed E-state index contributed by atoms with van der Waals surface area (Å²) in [5.41, 5.74) is 1.02. The first-order chi connectivity index (χ1) is 11.7. The fourth-order valence-electron chi connectivity index (χ4n) is 3.02. The smallest absolute Gasteiger partial charge is 0.286 e. The van der Waals surface area contributed by atoms with Crippen LogP contribution in [0.25, 0.3) is 0 Å². The fourth-order valence-corrected chi connectivity index (χ4v) is 4.29. The molecule has 0 amide bonds. The zero-order chi connectivity index (χ0) is 18.3. The van der Waals surface area contributed by atoms with Gasteiger partial charge in [0.1, 0.15) is 5.69 Å². The minimum absolute atomic E-state index is 0.144. The molecule has 3 rings (SSSR count). The van der Waals surface area contributed by atoms with E-state index in [2.05, 4.69) is 9.98 Å². The van der Waals surface area contributed by atoms with Crippen LogP contribution in [0.5, 0.6) is 0 Å². The summed E-state index contributed by atoms with van der Waals surface area (Å²) in [6.45, 7) is 0.152. The molecule has 134 valence electrons. The monoisotopic (exact) mass is 367 g/mol. The number of alkyl halides is 2. The van der Waals surface area contributed by atoms with E-state index in [1.54, 1.807) is 24.3 Å². The normalized spacial score (nSPS) is 24.2. The van der Waals surface area contributed by atoms with Crippen molar-refractivity contribution in [3.05, 3.63) is 54.0 Å². The third kappa shape index (κ3) is 2.99. The SMILES string of the molecule is CC(F)(F)C1(S(C)(=O)=O)CN(C2=CCCC=C2)C(c2ccccn2)=N1. The maximum Gasteiger partial charge on any atom is 0.286 e. The Morgan fingerprint density at radius 2 is 2.04 bits per heavy atom. The second-order valence-corrected chi connectivity index (χ2v) is 8.51. The molecule has 0 fully saturated rings. The van der Waals surface area contributed by atoms with Gasteiger partial charge in [-0.1, -0.05) is 18.2 Å². The lowest BCUT2D eigenvalue weighted by molar-refractivity contribution is -0.0206. The van der Waals surface area contributed by atoms with Crippen LogP contribution in [0.15, 0.2) is 53.3 Å². The number of hydrogen-bond donors (Lipinski definition) is 0. The molecule has 25 heavy (non-hydrogen) atoms. The molecule has 0 saturated heterocycles. The summed E-state index contributed by atoms with van der Waals surface area (Å²) in [4.78, 5) is 7.21. The van der Waals surface area contributed by atoms with Crippen molar-refractivity contribution in [3.63, 3.8) is 0 Å². The summed E-state index contributed by atoms with van der Waals surface area (Å²) in [5.74, 6) is -3.40. The van der Waals surface area contributed by atoms with E-state index in [-0.39, 0.29) is 5.84 Å². The molecule has 1 aliphatic carbocycles. The molecule has 0 N–H and O–H groups in total. The Morgan fingerprint density at radius 1 is 1.28 bits per heavy atom. The van der Waals surface area contributed by atoms with Crippen molar-refractivity contribution in [2.45, 2.75) is 30.6 Å². The Bertz CT molecular complexity index is 858. The Labute approximate surface area is 145 Å². The quantitative estimate of drug-likeness (QED) is 0.821. The van der Waals surface area contributed by atoms with Gasteiger partial charge < -0.3 is 4.90 Å². The van der Waals surface area contributed by atoms with Crippen LogP contribution in [0.3, 0.4) is 0 Å². The third-order valence-corrected chi connectivity index (χ3v) is 6.20. The van der Waals surface area contributed by atoms with E-state index in [1.807, 2.05) is 12.2 Å². The Balaban J connectivity index is 2.20. The van der Waals surface area contributed by atoms with Crippen LogP contribution in [0.4, 0.5) is 8.78 Å². The van der Waals surface area contributed by atoms with Crippen molar-refractivity contribution in [2.75, 3.05) is 12.8 Å². The molecule has 1 aliphatic heterocycles. The number of sulfone groups is 1. The summed E-state index contributed by atoms with van der Waals surface area (Å²) in [6, 6.07) is 5.03. The van der Waals surface area contributed by atoms with E-state index in [0.717, 1.165) is 19.1 Å². The van der Waals surface area contributed by atoms with Gasteiger partial charge in [-0.15, -0.1) is 0 Å². The first kappa shape index (κ1) is 17.7. The molecular formula is C17H19F2N3O2S. The molecule has 0 bridgehead atoms. The average Bonchev–Trinajstić information content (AvgIpc) is 2.98. The number of pyridine rings is 1. The van der Waals surface area contributed by atoms with Gasteiger partial charge in [-0.05, 0) is 31.1 Å². The third-order valence-electron chi connectivity index (χ3n) is 4.40. The average molecular weight is 367 g/mol. The molecule has 8 heteroatoms. The number of hydrogen-bond acceptors (Lipinski definition) is 5. The number of allylic oxidation sites excluding steroid dienone is 3. The first-order valence-corrected chi connectivity index (χ1v) is 9.78. The van der Waals surface area contributed by atoms with Gasteiger partial charge in [0.15, 0.2) is 15.7 Å². The highest BCUT2D eigenvalue weighted by Gasteiger charge is 2.62. The van der Waals surface area contributed by atoms with Gasteiger partial charge in [0.2, 0.25) is 4.87 Å². The zero-order valence-corrected chi connectivity index (χ0v) is 14.8. The van der Waals surface area contributed by atoms with E-state index in [9.17, 15) is 17.2 Å². The molecule has 2 aliphatic rings. The number of aliphatic imine (C=N–C) groups is 1. The van der Waals surface area contributed by atoms with Gasteiger partial charge in [-0.2, -0.15) is 0 Å². The maximum atomic E-state index is 14.4. The highest BCUT2D eigenvalue weighted by atomic mass is 32.2. The number of amidine groups is 1. The topological polar surface area (TPSA) is 62.6 Å². The Morgan fingerprint density at radius 3 is 2.56 bits per heavy atom. The molecule has 1 aromatic heterocycles. The lowest BCUT2D eigenvalue weighted by Crippen LogP contribution is -2.53. The van der Waals surface area contributed by atoms with E-state index in [0.29, 0.717) is 18.3 Å². The standard InChI is InChI=1S/C17H19F2N3O2S/c1-16(18,19)17(25(2,23)24)12-22(13-8-4-3-5-9-13)15(21-17)14-10-6-7-11-20-14/h4,6-11H,3,5,12H2,1-2H3. The van der Waals surface area contributed by atoms with E-state index in [4.69, 9.17) is 0 Å². The summed E-state index contributed by atoms with van der Waals surface area (Å²) in [7, 11) is -4.19. The van der Waals surface area contributed by atoms with Crippen LogP contribution >= 0.6 is 0 Å². The number of halogens is 2. The second-order valence-electron chi connectivity index (χ2n) is 6.29. The zero-order valence-electron chi connectivity index (χ0n) is 14.0. The minimum atomic E-state index is -4.19.